The van der Waals surface area contributed by atoms with Crippen LogP contribution in [0.3, 0.4) is 0 Å². The zero-order chi connectivity index (χ0) is 16.4. The largest absolute Gasteiger partial charge is 0.337 e. The number of carbonyl (C=O) groups is 1. The number of hydrogen-bond donors (Lipinski definition) is 1. The van der Waals surface area contributed by atoms with Gasteiger partial charge in [-0.2, -0.15) is 0 Å². The van der Waals surface area contributed by atoms with Crippen molar-refractivity contribution in [3.05, 3.63) is 41.6 Å². The normalized spacial score (nSPS) is 15.1. The van der Waals surface area contributed by atoms with Crippen LogP contribution in [0.5, 0.6) is 0 Å². The van der Waals surface area contributed by atoms with E-state index in [2.05, 4.69) is 54.5 Å². The first kappa shape index (κ1) is 15.8. The molecule has 1 N–H and O–H groups in total. The molecule has 1 saturated heterocycles. The van der Waals surface area contributed by atoms with E-state index in [-0.39, 0.29) is 5.91 Å². The van der Waals surface area contributed by atoms with Crippen molar-refractivity contribution in [1.29, 1.82) is 0 Å². The van der Waals surface area contributed by atoms with E-state index in [4.69, 9.17) is 0 Å². The summed E-state index contributed by atoms with van der Waals surface area (Å²) in [7, 11) is 1.98. The summed E-state index contributed by atoms with van der Waals surface area (Å²) in [5.74, 6) is 0.956. The van der Waals surface area contributed by atoms with Crippen molar-refractivity contribution in [2.24, 2.45) is 7.05 Å². The second-order valence-corrected chi connectivity index (χ2v) is 6.54. The third kappa shape index (κ3) is 3.48. The zero-order valence-corrected chi connectivity index (χ0v) is 14.2. The van der Waals surface area contributed by atoms with E-state index in [1.165, 1.54) is 24.0 Å². The molecule has 0 radical (unpaired) electrons. The van der Waals surface area contributed by atoms with Gasteiger partial charge in [-0.1, -0.05) is 29.8 Å². The Hall–Kier alpha value is -2.07. The van der Waals surface area contributed by atoms with Gasteiger partial charge in [0.2, 0.25) is 5.91 Å². The summed E-state index contributed by atoms with van der Waals surface area (Å²) in [6, 6.07) is 8.46. The highest BCUT2D eigenvalue weighted by atomic mass is 16.2. The minimum Gasteiger partial charge on any atom is -0.337 e. The van der Waals surface area contributed by atoms with Crippen molar-refractivity contribution in [2.75, 3.05) is 25.0 Å². The molecule has 2 aromatic rings. The van der Waals surface area contributed by atoms with Gasteiger partial charge in [-0.05, 0) is 50.9 Å². The molecule has 122 valence electrons. The number of anilines is 1. The number of amides is 1. The molecular weight excluding hydrogens is 286 g/mol. The third-order valence-electron chi connectivity index (χ3n) is 4.54. The minimum atomic E-state index is 0.0708. The molecule has 3 rings (SSSR count). The van der Waals surface area contributed by atoms with Gasteiger partial charge in [0.25, 0.3) is 0 Å². The van der Waals surface area contributed by atoms with Crippen molar-refractivity contribution >= 4 is 11.7 Å². The van der Waals surface area contributed by atoms with Gasteiger partial charge in [-0.15, -0.1) is 0 Å². The lowest BCUT2D eigenvalue weighted by Gasteiger charge is -2.16. The van der Waals surface area contributed by atoms with Gasteiger partial charge in [0.15, 0.2) is 0 Å². The average molecular weight is 311 g/mol. The van der Waals surface area contributed by atoms with E-state index in [0.717, 1.165) is 30.0 Å². The molecule has 1 fully saturated rings. The van der Waals surface area contributed by atoms with Crippen molar-refractivity contribution < 1.29 is 4.79 Å². The van der Waals surface area contributed by atoms with Crippen LogP contribution in [-0.4, -0.2) is 35.0 Å². The lowest BCUT2D eigenvalue weighted by Crippen LogP contribution is -2.31. The molecule has 0 bridgehead atoms. The van der Waals surface area contributed by atoms with Crippen LogP contribution in [0.15, 0.2) is 30.5 Å². The SMILES string of the molecule is Cc1ccc(-c2c(C)cn(C)c2NC(=O)CN2CCCC2)cc1. The Morgan fingerprint density at radius 3 is 2.43 bits per heavy atom. The minimum absolute atomic E-state index is 0.0708. The Morgan fingerprint density at radius 1 is 1.13 bits per heavy atom. The smallest absolute Gasteiger partial charge is 0.239 e. The fourth-order valence-electron chi connectivity index (χ4n) is 3.33. The molecule has 23 heavy (non-hydrogen) atoms. The number of carbonyl (C=O) groups excluding carboxylic acids is 1. The van der Waals surface area contributed by atoms with Crippen LogP contribution in [0.2, 0.25) is 0 Å². The van der Waals surface area contributed by atoms with Gasteiger partial charge in [-0.25, -0.2) is 0 Å². The lowest BCUT2D eigenvalue weighted by atomic mass is 10.0. The van der Waals surface area contributed by atoms with Gasteiger partial charge >= 0.3 is 0 Å². The van der Waals surface area contributed by atoms with Crippen LogP contribution in [-0.2, 0) is 11.8 Å². The van der Waals surface area contributed by atoms with E-state index < -0.39 is 0 Å². The maximum Gasteiger partial charge on any atom is 0.239 e. The molecule has 1 aliphatic rings. The van der Waals surface area contributed by atoms with Gasteiger partial charge < -0.3 is 9.88 Å². The molecule has 1 aromatic heterocycles. The first-order chi connectivity index (χ1) is 11.0. The molecule has 1 aromatic carbocycles. The third-order valence-corrected chi connectivity index (χ3v) is 4.54. The Kier molecular flexibility index (Phi) is 4.53. The highest BCUT2D eigenvalue weighted by Crippen LogP contribution is 2.33. The average Bonchev–Trinajstić information content (AvgIpc) is 3.09. The lowest BCUT2D eigenvalue weighted by molar-refractivity contribution is -0.117. The topological polar surface area (TPSA) is 37.3 Å². The van der Waals surface area contributed by atoms with Gasteiger partial charge in [0, 0.05) is 18.8 Å². The van der Waals surface area contributed by atoms with Gasteiger partial charge in [-0.3, -0.25) is 9.69 Å². The molecule has 1 amide bonds. The summed E-state index contributed by atoms with van der Waals surface area (Å²) >= 11 is 0. The number of likely N-dealkylation sites (tertiary alicyclic amines) is 1. The number of rotatable bonds is 4. The Balaban J connectivity index is 1.83. The summed E-state index contributed by atoms with van der Waals surface area (Å²) in [4.78, 5) is 14.6. The van der Waals surface area contributed by atoms with Crippen molar-refractivity contribution in [3.63, 3.8) is 0 Å². The van der Waals surface area contributed by atoms with Crippen molar-refractivity contribution in [1.82, 2.24) is 9.47 Å². The summed E-state index contributed by atoms with van der Waals surface area (Å²) in [5.41, 5.74) is 4.67. The molecule has 4 heteroatoms. The van der Waals surface area contributed by atoms with Gasteiger partial charge in [0.1, 0.15) is 5.82 Å². The Labute approximate surface area is 138 Å². The summed E-state index contributed by atoms with van der Waals surface area (Å²) < 4.78 is 2.01. The molecule has 1 aliphatic heterocycles. The van der Waals surface area contributed by atoms with Crippen molar-refractivity contribution in [2.45, 2.75) is 26.7 Å². The first-order valence-electron chi connectivity index (χ1n) is 8.30. The van der Waals surface area contributed by atoms with Crippen LogP contribution in [0.1, 0.15) is 24.0 Å². The molecule has 0 saturated carbocycles. The van der Waals surface area contributed by atoms with E-state index in [1.807, 2.05) is 11.6 Å². The fourth-order valence-corrected chi connectivity index (χ4v) is 3.33. The van der Waals surface area contributed by atoms with E-state index in [9.17, 15) is 4.79 Å². The van der Waals surface area contributed by atoms with E-state index in [0.29, 0.717) is 6.54 Å². The van der Waals surface area contributed by atoms with E-state index >= 15 is 0 Å². The van der Waals surface area contributed by atoms with Gasteiger partial charge in [0.05, 0.1) is 6.54 Å². The molecule has 0 atom stereocenters. The highest BCUT2D eigenvalue weighted by Gasteiger charge is 2.19. The molecule has 2 heterocycles. The number of nitrogens with zero attached hydrogens (tertiary/aromatic N) is 2. The molecule has 0 aliphatic carbocycles. The summed E-state index contributed by atoms with van der Waals surface area (Å²) in [5, 5.41) is 3.12. The first-order valence-corrected chi connectivity index (χ1v) is 8.30. The number of hydrogen-bond acceptors (Lipinski definition) is 2. The predicted molar refractivity (Wildman–Crippen MR) is 94.6 cm³/mol. The Morgan fingerprint density at radius 2 is 1.78 bits per heavy atom. The molecule has 4 nitrogen and oxygen atoms in total. The standard InChI is InChI=1S/C19H25N3O/c1-14-6-8-16(9-7-14)18-15(2)12-21(3)19(18)20-17(23)13-22-10-4-5-11-22/h6-9,12H,4-5,10-11,13H2,1-3H3,(H,20,23). The quantitative estimate of drug-likeness (QED) is 0.940. The van der Waals surface area contributed by atoms with Crippen LogP contribution < -0.4 is 5.32 Å². The summed E-state index contributed by atoms with van der Waals surface area (Å²) in [6.07, 6.45) is 4.47. The maximum absolute atomic E-state index is 12.4. The maximum atomic E-state index is 12.4. The predicted octanol–water partition coefficient (Wildman–Crippen LogP) is 3.34. The van der Waals surface area contributed by atoms with Crippen LogP contribution in [0, 0.1) is 13.8 Å². The number of benzene rings is 1. The van der Waals surface area contributed by atoms with E-state index in [1.54, 1.807) is 0 Å². The number of nitrogens with one attached hydrogen (secondary N) is 1. The second kappa shape index (κ2) is 6.59. The van der Waals surface area contributed by atoms with Crippen LogP contribution in [0.25, 0.3) is 11.1 Å². The Bertz CT molecular complexity index is 694. The molecular formula is C19H25N3O. The molecule has 0 spiro atoms. The number of aromatic nitrogens is 1. The van der Waals surface area contributed by atoms with Crippen molar-refractivity contribution in [3.8, 4) is 11.1 Å². The van der Waals surface area contributed by atoms with Crippen LogP contribution >= 0.6 is 0 Å². The van der Waals surface area contributed by atoms with Crippen LogP contribution in [0.4, 0.5) is 5.82 Å². The zero-order valence-electron chi connectivity index (χ0n) is 14.2. The highest BCUT2D eigenvalue weighted by molar-refractivity contribution is 5.96. The monoisotopic (exact) mass is 311 g/mol. The summed E-state index contributed by atoms with van der Waals surface area (Å²) in [6.45, 7) is 6.72. The second-order valence-electron chi connectivity index (χ2n) is 6.54. The fraction of sp³-hybridized carbons (Fsp3) is 0.421. The number of aryl methyl sites for hydroxylation is 3. The molecule has 0 unspecified atom stereocenters.